The van der Waals surface area contributed by atoms with Gasteiger partial charge in [-0.15, -0.1) is 0 Å². The molecule has 1 aliphatic rings. The fraction of sp³-hybridized carbons (Fsp3) is 0.154. The van der Waals surface area contributed by atoms with Gasteiger partial charge in [0.05, 0.1) is 21.3 Å². The van der Waals surface area contributed by atoms with Crippen LogP contribution in [0.4, 0.5) is 23.7 Å². The molecule has 0 saturated heterocycles. The summed E-state index contributed by atoms with van der Waals surface area (Å²) in [5, 5.41) is 5.57. The van der Waals surface area contributed by atoms with Gasteiger partial charge in [0.15, 0.2) is 0 Å². The van der Waals surface area contributed by atoms with Crippen LogP contribution in [-0.2, 0) is 0 Å². The average Bonchev–Trinajstić information content (AvgIpc) is 2.42. The highest BCUT2D eigenvalue weighted by Gasteiger charge is 2.36. The number of rotatable bonds is 2. The standard InChI is InChI=1S/C13H9Cl3F3N3O/c14-8-2-1-3-9(15)10(8)21-11(23)22-12(16)5-4-7(6-20-12)13(17,18)19/h1-6,20H,(H2,21,22,23). The second-order valence-electron chi connectivity index (χ2n) is 4.46. The third kappa shape index (κ3) is 4.46. The minimum atomic E-state index is -4.52. The fourth-order valence-electron chi connectivity index (χ4n) is 1.66. The molecule has 124 valence electrons. The van der Waals surface area contributed by atoms with Crippen LogP contribution in [0.15, 0.2) is 42.1 Å². The Morgan fingerprint density at radius 3 is 2.30 bits per heavy atom. The molecule has 2 amide bonds. The first-order chi connectivity index (χ1) is 10.6. The summed E-state index contributed by atoms with van der Waals surface area (Å²) in [7, 11) is 0. The predicted octanol–water partition coefficient (Wildman–Crippen LogP) is 4.61. The number of halogens is 6. The number of hydrogen-bond donors (Lipinski definition) is 3. The van der Waals surface area contributed by atoms with Crippen molar-refractivity contribution in [3.8, 4) is 0 Å². The number of amides is 2. The van der Waals surface area contributed by atoms with E-state index in [1.165, 1.54) is 12.1 Å². The molecule has 2 rings (SSSR count). The third-order valence-corrected chi connectivity index (χ3v) is 3.71. The van der Waals surface area contributed by atoms with E-state index in [9.17, 15) is 18.0 Å². The van der Waals surface area contributed by atoms with Crippen LogP contribution >= 0.6 is 34.8 Å². The smallest absolute Gasteiger partial charge is 0.352 e. The molecule has 0 spiro atoms. The van der Waals surface area contributed by atoms with E-state index >= 15 is 0 Å². The zero-order valence-corrected chi connectivity index (χ0v) is 13.4. The lowest BCUT2D eigenvalue weighted by Crippen LogP contribution is -2.54. The van der Waals surface area contributed by atoms with Crippen molar-refractivity contribution in [2.75, 3.05) is 5.32 Å². The Morgan fingerprint density at radius 1 is 1.22 bits per heavy atom. The van der Waals surface area contributed by atoms with Crippen molar-refractivity contribution >= 4 is 46.5 Å². The van der Waals surface area contributed by atoms with Gasteiger partial charge >= 0.3 is 12.2 Å². The second-order valence-corrected chi connectivity index (χ2v) is 5.87. The van der Waals surface area contributed by atoms with Crippen molar-refractivity contribution in [2.45, 2.75) is 11.3 Å². The predicted molar refractivity (Wildman–Crippen MR) is 83.6 cm³/mol. The largest absolute Gasteiger partial charge is 0.417 e. The van der Waals surface area contributed by atoms with Gasteiger partial charge in [-0.05, 0) is 24.3 Å². The summed E-state index contributed by atoms with van der Waals surface area (Å²) in [5.74, 6) is 0. The van der Waals surface area contributed by atoms with E-state index < -0.39 is 22.9 Å². The number of benzene rings is 1. The van der Waals surface area contributed by atoms with Crippen LogP contribution in [0.25, 0.3) is 0 Å². The van der Waals surface area contributed by atoms with E-state index in [0.29, 0.717) is 6.20 Å². The zero-order chi connectivity index (χ0) is 17.3. The van der Waals surface area contributed by atoms with Crippen LogP contribution in [0.3, 0.4) is 0 Å². The Hall–Kier alpha value is -1.57. The van der Waals surface area contributed by atoms with Crippen LogP contribution in [-0.4, -0.2) is 17.3 Å². The molecule has 0 aliphatic carbocycles. The van der Waals surface area contributed by atoms with Crippen molar-refractivity contribution < 1.29 is 18.0 Å². The van der Waals surface area contributed by atoms with E-state index in [2.05, 4.69) is 16.0 Å². The summed E-state index contributed by atoms with van der Waals surface area (Å²) >= 11 is 17.8. The molecule has 0 bridgehead atoms. The molecular formula is C13H9Cl3F3N3O. The number of alkyl halides is 4. The van der Waals surface area contributed by atoms with E-state index in [1.807, 2.05) is 0 Å². The number of dihydropyridines is 1. The molecule has 23 heavy (non-hydrogen) atoms. The maximum atomic E-state index is 12.5. The van der Waals surface area contributed by atoms with E-state index in [0.717, 1.165) is 12.2 Å². The quantitative estimate of drug-likeness (QED) is 0.513. The summed E-state index contributed by atoms with van der Waals surface area (Å²) in [5.41, 5.74) is -0.773. The van der Waals surface area contributed by atoms with Gasteiger partial charge in [-0.25, -0.2) is 4.79 Å². The molecule has 0 radical (unpaired) electrons. The van der Waals surface area contributed by atoms with Crippen molar-refractivity contribution in [1.29, 1.82) is 0 Å². The Morgan fingerprint density at radius 2 is 1.83 bits per heavy atom. The second kappa shape index (κ2) is 6.51. The number of carbonyl (C=O) groups is 1. The van der Waals surface area contributed by atoms with Crippen molar-refractivity contribution in [2.24, 2.45) is 0 Å². The number of allylic oxidation sites excluding steroid dienone is 2. The monoisotopic (exact) mass is 385 g/mol. The maximum Gasteiger partial charge on any atom is 0.417 e. The molecule has 0 fully saturated rings. The van der Waals surface area contributed by atoms with Crippen LogP contribution < -0.4 is 16.0 Å². The topological polar surface area (TPSA) is 53.2 Å². The highest BCUT2D eigenvalue weighted by molar-refractivity contribution is 6.39. The van der Waals surface area contributed by atoms with Gasteiger partial charge in [-0.3, -0.25) is 5.32 Å². The summed E-state index contributed by atoms with van der Waals surface area (Å²) in [6, 6.07) is 3.80. The number of urea groups is 1. The number of nitrogens with one attached hydrogen (secondary N) is 3. The molecule has 3 N–H and O–H groups in total. The Balaban J connectivity index is 2.04. The molecule has 1 atom stereocenters. The lowest BCUT2D eigenvalue weighted by Gasteiger charge is -2.29. The highest BCUT2D eigenvalue weighted by Crippen LogP contribution is 2.31. The molecule has 1 aliphatic heterocycles. The molecule has 1 aromatic rings. The first kappa shape index (κ1) is 17.8. The Bertz CT molecular complexity index is 671. The zero-order valence-electron chi connectivity index (χ0n) is 11.1. The first-order valence-electron chi connectivity index (χ1n) is 6.07. The summed E-state index contributed by atoms with van der Waals surface area (Å²) in [6.45, 7) is 0. The molecule has 1 unspecified atom stereocenters. The van der Waals surface area contributed by atoms with Crippen LogP contribution in [0.5, 0.6) is 0 Å². The summed E-state index contributed by atoms with van der Waals surface area (Å²) < 4.78 is 37.5. The molecule has 10 heteroatoms. The molecule has 1 aromatic carbocycles. The highest BCUT2D eigenvalue weighted by atomic mass is 35.5. The van der Waals surface area contributed by atoms with Gasteiger partial charge in [-0.2, -0.15) is 13.2 Å². The lowest BCUT2D eigenvalue weighted by atomic mass is 10.2. The number of anilines is 1. The Labute approximate surface area is 144 Å². The van der Waals surface area contributed by atoms with Gasteiger partial charge in [0, 0.05) is 6.20 Å². The number of hydrogen-bond acceptors (Lipinski definition) is 2. The Kier molecular flexibility index (Phi) is 5.03. The van der Waals surface area contributed by atoms with Gasteiger partial charge in [-0.1, -0.05) is 40.9 Å². The molecule has 0 aromatic heterocycles. The van der Waals surface area contributed by atoms with Crippen molar-refractivity contribution in [1.82, 2.24) is 10.6 Å². The molecular weight excluding hydrogens is 378 g/mol. The van der Waals surface area contributed by atoms with Gasteiger partial charge in [0.2, 0.25) is 5.12 Å². The van der Waals surface area contributed by atoms with Crippen LogP contribution in [0, 0.1) is 0 Å². The lowest BCUT2D eigenvalue weighted by molar-refractivity contribution is -0.0888. The number of para-hydroxylation sites is 1. The van der Waals surface area contributed by atoms with Crippen molar-refractivity contribution in [3.63, 3.8) is 0 Å². The van der Waals surface area contributed by atoms with E-state index in [1.54, 1.807) is 6.07 Å². The summed E-state index contributed by atoms with van der Waals surface area (Å²) in [4.78, 5) is 11.9. The average molecular weight is 387 g/mol. The first-order valence-corrected chi connectivity index (χ1v) is 7.20. The minimum Gasteiger partial charge on any atom is -0.352 e. The fourth-order valence-corrected chi connectivity index (χ4v) is 2.36. The van der Waals surface area contributed by atoms with Gasteiger partial charge < -0.3 is 10.6 Å². The van der Waals surface area contributed by atoms with Gasteiger partial charge in [0.1, 0.15) is 0 Å². The molecule has 0 saturated carbocycles. The summed E-state index contributed by atoms with van der Waals surface area (Å²) in [6.07, 6.45) is -2.14. The minimum absolute atomic E-state index is 0.153. The maximum absolute atomic E-state index is 12.5. The van der Waals surface area contributed by atoms with Gasteiger partial charge in [0.25, 0.3) is 0 Å². The molecule has 4 nitrogen and oxygen atoms in total. The third-order valence-electron chi connectivity index (χ3n) is 2.75. The SMILES string of the molecule is O=C(Nc1c(Cl)cccc1Cl)NC1(Cl)C=CC(C(F)(F)F)=CN1. The van der Waals surface area contributed by atoms with Crippen LogP contribution in [0.1, 0.15) is 0 Å². The van der Waals surface area contributed by atoms with Crippen molar-refractivity contribution in [3.05, 3.63) is 52.2 Å². The normalized spacial score (nSPS) is 20.5. The number of carbonyl (C=O) groups excluding carboxylic acids is 1. The van der Waals surface area contributed by atoms with Crippen LogP contribution in [0.2, 0.25) is 10.0 Å². The molecule has 1 heterocycles. The van der Waals surface area contributed by atoms with E-state index in [4.69, 9.17) is 34.8 Å². The van der Waals surface area contributed by atoms with E-state index in [-0.39, 0.29) is 15.7 Å².